The summed E-state index contributed by atoms with van der Waals surface area (Å²) >= 11 is 0. The number of aliphatic hydroxyl groups is 1. The molecule has 9 heavy (non-hydrogen) atoms. The summed E-state index contributed by atoms with van der Waals surface area (Å²) < 4.78 is 33.7. The van der Waals surface area contributed by atoms with Crippen LogP contribution in [0.1, 0.15) is 0 Å². The number of nitrogens with one attached hydrogen (secondary N) is 1. The van der Waals surface area contributed by atoms with Gasteiger partial charge in [-0.05, 0) is 0 Å². The summed E-state index contributed by atoms with van der Waals surface area (Å²) in [6.07, 6.45) is -7.15. The van der Waals surface area contributed by atoms with Gasteiger partial charge in [0.05, 0.1) is 6.54 Å². The Labute approximate surface area is 49.1 Å². The Morgan fingerprint density at radius 3 is 2.00 bits per heavy atom. The van der Waals surface area contributed by atoms with Gasteiger partial charge in [-0.1, -0.05) is 0 Å². The molecule has 3 nitrogen and oxygen atoms in total. The first-order valence-electron chi connectivity index (χ1n) is 2.10. The van der Waals surface area contributed by atoms with E-state index in [1.807, 2.05) is 0 Å². The molecule has 0 aromatic carbocycles. The van der Waals surface area contributed by atoms with Crippen molar-refractivity contribution in [3.05, 3.63) is 0 Å². The zero-order valence-corrected chi connectivity index (χ0v) is 4.31. The number of hydroxylamine groups is 1. The molecule has 0 amide bonds. The molecule has 56 valence electrons. The zero-order valence-electron chi connectivity index (χ0n) is 4.31. The van der Waals surface area contributed by atoms with Crippen LogP contribution in [-0.4, -0.2) is 29.1 Å². The highest BCUT2D eigenvalue weighted by atomic mass is 19.4. The van der Waals surface area contributed by atoms with E-state index in [1.165, 1.54) is 5.48 Å². The Hall–Kier alpha value is -0.330. The largest absolute Gasteiger partial charge is 0.415 e. The molecule has 0 fully saturated rings. The molecule has 3 N–H and O–H groups in total. The lowest BCUT2D eigenvalue weighted by Gasteiger charge is -2.12. The van der Waals surface area contributed by atoms with E-state index in [4.69, 9.17) is 10.3 Å². The van der Waals surface area contributed by atoms with E-state index >= 15 is 0 Å². The van der Waals surface area contributed by atoms with Gasteiger partial charge in [0.15, 0.2) is 6.10 Å². The van der Waals surface area contributed by atoms with Gasteiger partial charge in [0.2, 0.25) is 0 Å². The third-order valence-electron chi connectivity index (χ3n) is 0.662. The van der Waals surface area contributed by atoms with Crippen molar-refractivity contribution in [2.75, 3.05) is 6.54 Å². The van der Waals surface area contributed by atoms with Crippen molar-refractivity contribution < 1.29 is 23.5 Å². The number of alkyl halides is 3. The fourth-order valence-corrected chi connectivity index (χ4v) is 0.202. The molecular formula is C3H6F3NO2. The summed E-state index contributed by atoms with van der Waals surface area (Å²) in [5, 5.41) is 15.7. The predicted molar refractivity (Wildman–Crippen MR) is 21.9 cm³/mol. The third-order valence-corrected chi connectivity index (χ3v) is 0.662. The molecule has 0 rings (SSSR count). The maximum Gasteiger partial charge on any atom is 0.415 e. The zero-order chi connectivity index (χ0) is 7.49. The molecule has 0 heterocycles. The second-order valence-electron chi connectivity index (χ2n) is 1.42. The number of rotatable bonds is 2. The highest BCUT2D eigenvalue weighted by Crippen LogP contribution is 2.18. The molecule has 0 aliphatic rings. The predicted octanol–water partition coefficient (Wildman–Crippen LogP) is -0.112. The molecule has 1 unspecified atom stereocenters. The summed E-state index contributed by atoms with van der Waals surface area (Å²) in [5.74, 6) is 0. The third kappa shape index (κ3) is 3.28. The van der Waals surface area contributed by atoms with E-state index in [-0.39, 0.29) is 0 Å². The minimum absolute atomic E-state index is 0.899. The molecule has 1 atom stereocenters. The summed E-state index contributed by atoms with van der Waals surface area (Å²) in [6.45, 7) is -0.899. The van der Waals surface area contributed by atoms with Crippen molar-refractivity contribution in [1.82, 2.24) is 5.48 Å². The Kier molecular flexibility index (Phi) is 2.89. The molecule has 0 saturated carbocycles. The Bertz CT molecular complexity index is 83.6. The van der Waals surface area contributed by atoms with Crippen LogP contribution in [0.2, 0.25) is 0 Å². The first-order chi connectivity index (χ1) is 3.98. The quantitative estimate of drug-likeness (QED) is 0.475. The lowest BCUT2D eigenvalue weighted by atomic mass is 10.3. The lowest BCUT2D eigenvalue weighted by molar-refractivity contribution is -0.206. The fourth-order valence-electron chi connectivity index (χ4n) is 0.202. The number of aliphatic hydroxyl groups excluding tert-OH is 1. The molecular weight excluding hydrogens is 139 g/mol. The molecule has 6 heteroatoms. The molecule has 0 aromatic rings. The van der Waals surface area contributed by atoms with Gasteiger partial charge in [0.25, 0.3) is 0 Å². The van der Waals surface area contributed by atoms with Crippen LogP contribution in [0.5, 0.6) is 0 Å². The van der Waals surface area contributed by atoms with E-state index in [0.29, 0.717) is 0 Å². The molecule has 0 spiro atoms. The van der Waals surface area contributed by atoms with Crippen molar-refractivity contribution in [3.63, 3.8) is 0 Å². The average molecular weight is 145 g/mol. The first-order valence-corrected chi connectivity index (χ1v) is 2.10. The van der Waals surface area contributed by atoms with Crippen molar-refractivity contribution in [2.24, 2.45) is 0 Å². The van der Waals surface area contributed by atoms with Crippen LogP contribution in [0.15, 0.2) is 0 Å². The normalized spacial score (nSPS) is 15.7. The van der Waals surface area contributed by atoms with Crippen LogP contribution in [0.25, 0.3) is 0 Å². The van der Waals surface area contributed by atoms with E-state index in [1.54, 1.807) is 0 Å². The minimum Gasteiger partial charge on any atom is -0.382 e. The lowest BCUT2D eigenvalue weighted by Crippen LogP contribution is -2.37. The first kappa shape index (κ1) is 8.67. The van der Waals surface area contributed by atoms with Gasteiger partial charge in [-0.25, -0.2) is 5.48 Å². The number of hydrogen-bond donors (Lipinski definition) is 3. The standard InChI is InChI=1S/C3H6F3NO2/c4-3(5,6)2(8)1-7-9/h2,7-9H,1H2. The van der Waals surface area contributed by atoms with Gasteiger partial charge in [-0.3, -0.25) is 0 Å². The highest BCUT2D eigenvalue weighted by molar-refractivity contribution is 4.64. The monoisotopic (exact) mass is 145 g/mol. The Morgan fingerprint density at radius 1 is 1.44 bits per heavy atom. The van der Waals surface area contributed by atoms with Gasteiger partial charge < -0.3 is 10.3 Å². The fraction of sp³-hybridized carbons (Fsp3) is 1.00. The number of halogens is 3. The Balaban J connectivity index is 3.59. The maximum absolute atomic E-state index is 11.2. The van der Waals surface area contributed by atoms with Crippen LogP contribution >= 0.6 is 0 Å². The van der Waals surface area contributed by atoms with E-state index in [0.717, 1.165) is 0 Å². The van der Waals surface area contributed by atoms with Crippen LogP contribution in [0.3, 0.4) is 0 Å². The van der Waals surface area contributed by atoms with E-state index in [9.17, 15) is 13.2 Å². The van der Waals surface area contributed by atoms with Crippen molar-refractivity contribution >= 4 is 0 Å². The summed E-state index contributed by atoms with van der Waals surface area (Å²) in [7, 11) is 0. The second-order valence-corrected chi connectivity index (χ2v) is 1.42. The topological polar surface area (TPSA) is 52.5 Å². The van der Waals surface area contributed by atoms with Gasteiger partial charge in [-0.2, -0.15) is 13.2 Å². The van der Waals surface area contributed by atoms with Crippen LogP contribution in [-0.2, 0) is 0 Å². The van der Waals surface area contributed by atoms with Gasteiger partial charge in [0.1, 0.15) is 0 Å². The van der Waals surface area contributed by atoms with Crippen molar-refractivity contribution in [3.8, 4) is 0 Å². The summed E-state index contributed by atoms with van der Waals surface area (Å²) in [6, 6.07) is 0. The van der Waals surface area contributed by atoms with Gasteiger partial charge in [-0.15, -0.1) is 0 Å². The summed E-state index contributed by atoms with van der Waals surface area (Å²) in [4.78, 5) is 0. The van der Waals surface area contributed by atoms with Crippen LogP contribution in [0.4, 0.5) is 13.2 Å². The Morgan fingerprint density at radius 2 is 1.89 bits per heavy atom. The highest BCUT2D eigenvalue weighted by Gasteiger charge is 2.37. The number of hydrogen-bond acceptors (Lipinski definition) is 3. The van der Waals surface area contributed by atoms with Crippen LogP contribution < -0.4 is 5.48 Å². The van der Waals surface area contributed by atoms with E-state index < -0.39 is 18.8 Å². The smallest absolute Gasteiger partial charge is 0.382 e. The molecule has 0 saturated heterocycles. The average Bonchev–Trinajstić information content (AvgIpc) is 1.64. The molecule has 0 aliphatic carbocycles. The van der Waals surface area contributed by atoms with Gasteiger partial charge in [0, 0.05) is 0 Å². The van der Waals surface area contributed by atoms with Crippen LogP contribution in [0, 0.1) is 0 Å². The molecule has 0 bridgehead atoms. The molecule has 0 aliphatic heterocycles. The summed E-state index contributed by atoms with van der Waals surface area (Å²) in [5.41, 5.74) is 1.20. The second kappa shape index (κ2) is 3.00. The van der Waals surface area contributed by atoms with Gasteiger partial charge >= 0.3 is 6.18 Å². The minimum atomic E-state index is -4.66. The van der Waals surface area contributed by atoms with E-state index in [2.05, 4.69) is 0 Å². The van der Waals surface area contributed by atoms with Crippen molar-refractivity contribution in [1.29, 1.82) is 0 Å². The van der Waals surface area contributed by atoms with Crippen molar-refractivity contribution in [2.45, 2.75) is 12.3 Å². The SMILES string of the molecule is ONCC(O)C(F)(F)F. The molecule has 0 aromatic heterocycles. The maximum atomic E-state index is 11.2. The molecule has 0 radical (unpaired) electrons.